The quantitative estimate of drug-likeness (QED) is 0.445. The number of anilines is 2. The van der Waals surface area contributed by atoms with Gasteiger partial charge in [0.25, 0.3) is 26.0 Å². The highest BCUT2D eigenvalue weighted by Crippen LogP contribution is 2.26. The van der Waals surface area contributed by atoms with Crippen LogP contribution in [-0.2, 0) is 24.8 Å². The molecule has 0 aliphatic carbocycles. The first-order chi connectivity index (χ1) is 17.6. The number of morpholine rings is 1. The Kier molecular flexibility index (Phi) is 7.71. The molecule has 1 saturated heterocycles. The van der Waals surface area contributed by atoms with E-state index >= 15 is 0 Å². The van der Waals surface area contributed by atoms with E-state index in [4.69, 9.17) is 9.47 Å². The number of amides is 1. The van der Waals surface area contributed by atoms with Crippen molar-refractivity contribution in [2.45, 2.75) is 16.7 Å². The molecule has 0 atom stereocenters. The molecule has 196 valence electrons. The highest BCUT2D eigenvalue weighted by molar-refractivity contribution is 7.93. The van der Waals surface area contributed by atoms with Crippen LogP contribution >= 0.6 is 0 Å². The van der Waals surface area contributed by atoms with Crippen molar-refractivity contribution in [1.29, 1.82) is 0 Å². The lowest BCUT2D eigenvalue weighted by Gasteiger charge is -2.27. The summed E-state index contributed by atoms with van der Waals surface area (Å²) in [6.07, 6.45) is 0. The molecule has 12 heteroatoms. The number of benzene rings is 3. The van der Waals surface area contributed by atoms with Gasteiger partial charge in [-0.25, -0.2) is 16.8 Å². The number of methoxy groups -OCH3 is 1. The number of sulfonamides is 2. The van der Waals surface area contributed by atoms with Crippen LogP contribution < -0.4 is 14.2 Å². The van der Waals surface area contributed by atoms with E-state index in [0.29, 0.717) is 32.0 Å². The Bertz CT molecular complexity index is 1480. The first-order valence-corrected chi connectivity index (χ1v) is 14.3. The summed E-state index contributed by atoms with van der Waals surface area (Å²) in [6.45, 7) is 3.49. The summed E-state index contributed by atoms with van der Waals surface area (Å²) in [5.74, 6) is -0.0982. The first-order valence-electron chi connectivity index (χ1n) is 11.4. The zero-order valence-corrected chi connectivity index (χ0v) is 21.9. The normalized spacial score (nSPS) is 14.2. The number of carbonyl (C=O) groups excluding carboxylic acids is 1. The number of rotatable bonds is 8. The van der Waals surface area contributed by atoms with Gasteiger partial charge in [-0.1, -0.05) is 17.7 Å². The van der Waals surface area contributed by atoms with Crippen LogP contribution in [0.15, 0.2) is 76.5 Å². The number of nitrogens with zero attached hydrogens (tertiary/aromatic N) is 1. The van der Waals surface area contributed by atoms with Crippen LogP contribution in [-0.4, -0.2) is 61.1 Å². The molecule has 1 aliphatic rings. The topological polar surface area (TPSA) is 131 Å². The Morgan fingerprint density at radius 1 is 0.811 bits per heavy atom. The molecule has 1 amide bonds. The monoisotopic (exact) mass is 545 g/mol. The van der Waals surface area contributed by atoms with Crippen molar-refractivity contribution in [3.8, 4) is 5.75 Å². The summed E-state index contributed by atoms with van der Waals surface area (Å²) < 4.78 is 67.0. The number of carbonyl (C=O) groups is 1. The van der Waals surface area contributed by atoms with Gasteiger partial charge in [0.05, 0.1) is 35.7 Å². The summed E-state index contributed by atoms with van der Waals surface area (Å²) in [5, 5.41) is 0. The zero-order chi connectivity index (χ0) is 26.6. The van der Waals surface area contributed by atoms with Gasteiger partial charge in [0, 0.05) is 24.5 Å². The maximum Gasteiger partial charge on any atom is 0.261 e. The second-order valence-corrected chi connectivity index (χ2v) is 11.7. The van der Waals surface area contributed by atoms with Crippen LogP contribution in [0, 0.1) is 6.92 Å². The molecule has 37 heavy (non-hydrogen) atoms. The highest BCUT2D eigenvalue weighted by atomic mass is 32.2. The van der Waals surface area contributed by atoms with E-state index in [1.807, 2.05) is 6.92 Å². The average molecular weight is 546 g/mol. The molecule has 1 heterocycles. The van der Waals surface area contributed by atoms with Gasteiger partial charge >= 0.3 is 0 Å². The van der Waals surface area contributed by atoms with Crippen LogP contribution in [0.25, 0.3) is 0 Å². The number of hydrogen-bond acceptors (Lipinski definition) is 7. The predicted molar refractivity (Wildman–Crippen MR) is 139 cm³/mol. The third-order valence-electron chi connectivity index (χ3n) is 5.73. The van der Waals surface area contributed by atoms with Crippen molar-refractivity contribution in [2.24, 2.45) is 0 Å². The van der Waals surface area contributed by atoms with E-state index in [-0.39, 0.29) is 32.7 Å². The first kappa shape index (κ1) is 26.5. The third kappa shape index (κ3) is 6.21. The fourth-order valence-corrected chi connectivity index (χ4v) is 5.85. The fourth-order valence-electron chi connectivity index (χ4n) is 3.71. The maximum atomic E-state index is 13.1. The third-order valence-corrected chi connectivity index (χ3v) is 8.51. The molecule has 3 aromatic carbocycles. The molecule has 10 nitrogen and oxygen atoms in total. The van der Waals surface area contributed by atoms with Gasteiger partial charge in [-0.3, -0.25) is 14.2 Å². The lowest BCUT2D eigenvalue weighted by molar-refractivity contribution is 0.0300. The number of ether oxygens (including phenoxy) is 2. The van der Waals surface area contributed by atoms with E-state index in [1.165, 1.54) is 49.6 Å². The molecule has 0 spiro atoms. The molecule has 3 aromatic rings. The minimum Gasteiger partial charge on any atom is -0.496 e. The summed E-state index contributed by atoms with van der Waals surface area (Å²) in [7, 11) is -6.55. The van der Waals surface area contributed by atoms with Crippen LogP contribution in [0.2, 0.25) is 0 Å². The molecule has 2 N–H and O–H groups in total. The van der Waals surface area contributed by atoms with Gasteiger partial charge in [-0.05, 0) is 61.5 Å². The number of nitrogens with one attached hydrogen (secondary N) is 2. The molecule has 0 radical (unpaired) electrons. The molecule has 0 aromatic heterocycles. The summed E-state index contributed by atoms with van der Waals surface area (Å²) in [6, 6.07) is 16.2. The van der Waals surface area contributed by atoms with Crippen molar-refractivity contribution >= 4 is 37.3 Å². The molecule has 0 saturated carbocycles. The summed E-state index contributed by atoms with van der Waals surface area (Å²) in [5.41, 5.74) is 1.69. The van der Waals surface area contributed by atoms with Gasteiger partial charge in [0.1, 0.15) is 5.75 Å². The zero-order valence-electron chi connectivity index (χ0n) is 20.3. The van der Waals surface area contributed by atoms with E-state index < -0.39 is 20.0 Å². The summed E-state index contributed by atoms with van der Waals surface area (Å²) >= 11 is 0. The smallest absolute Gasteiger partial charge is 0.261 e. The molecule has 1 fully saturated rings. The van der Waals surface area contributed by atoms with Crippen molar-refractivity contribution in [3.63, 3.8) is 0 Å². The largest absolute Gasteiger partial charge is 0.496 e. The van der Waals surface area contributed by atoms with Gasteiger partial charge in [-0.2, -0.15) is 0 Å². The lowest BCUT2D eigenvalue weighted by atomic mass is 10.1. The van der Waals surface area contributed by atoms with Gasteiger partial charge in [-0.15, -0.1) is 0 Å². The molecule has 1 aliphatic heterocycles. The maximum absolute atomic E-state index is 13.1. The second-order valence-electron chi connectivity index (χ2n) is 8.37. The lowest BCUT2D eigenvalue weighted by Crippen LogP contribution is -2.40. The minimum absolute atomic E-state index is 0.0288. The summed E-state index contributed by atoms with van der Waals surface area (Å²) in [4.78, 5) is 14.4. The number of hydrogen-bond donors (Lipinski definition) is 2. The van der Waals surface area contributed by atoms with E-state index in [9.17, 15) is 21.6 Å². The van der Waals surface area contributed by atoms with Gasteiger partial charge in [0.15, 0.2) is 0 Å². The van der Waals surface area contributed by atoms with Crippen molar-refractivity contribution < 1.29 is 31.1 Å². The van der Waals surface area contributed by atoms with E-state index in [1.54, 1.807) is 29.2 Å². The van der Waals surface area contributed by atoms with Crippen LogP contribution in [0.5, 0.6) is 5.75 Å². The Labute approximate surface area is 216 Å². The molecule has 4 rings (SSSR count). The van der Waals surface area contributed by atoms with Crippen molar-refractivity contribution in [2.75, 3.05) is 42.9 Å². The Balaban J connectivity index is 1.53. The van der Waals surface area contributed by atoms with Crippen molar-refractivity contribution in [3.05, 3.63) is 77.9 Å². The van der Waals surface area contributed by atoms with E-state index in [0.717, 1.165) is 5.56 Å². The molecular formula is C25H27N3O7S2. The fraction of sp³-hybridized carbons (Fsp3) is 0.240. The Morgan fingerprint density at radius 3 is 1.89 bits per heavy atom. The highest BCUT2D eigenvalue weighted by Gasteiger charge is 2.25. The molecular weight excluding hydrogens is 518 g/mol. The SMILES string of the molecule is COc1ccc(S(=O)(=O)Nc2ccc(S(=O)(=O)Nc3ccc(C)cc3)cc2)cc1C(=O)N1CCOCC1. The van der Waals surface area contributed by atoms with Crippen molar-refractivity contribution in [1.82, 2.24) is 4.90 Å². The standard InChI is InChI=1S/C25H27N3O7S2/c1-18-3-5-19(6-4-18)26-36(30,31)21-9-7-20(8-10-21)27-37(32,33)22-11-12-24(34-2)23(17-22)25(29)28-13-15-35-16-14-28/h3-12,17,26-27H,13-16H2,1-2H3. The Morgan fingerprint density at radius 2 is 1.32 bits per heavy atom. The van der Waals surface area contributed by atoms with Crippen LogP contribution in [0.3, 0.4) is 0 Å². The van der Waals surface area contributed by atoms with Gasteiger partial charge in [0.2, 0.25) is 0 Å². The number of aryl methyl sites for hydroxylation is 1. The predicted octanol–water partition coefficient (Wildman–Crippen LogP) is 3.08. The van der Waals surface area contributed by atoms with Gasteiger partial charge < -0.3 is 14.4 Å². The van der Waals surface area contributed by atoms with Crippen LogP contribution in [0.1, 0.15) is 15.9 Å². The molecule has 0 unspecified atom stereocenters. The van der Waals surface area contributed by atoms with E-state index in [2.05, 4.69) is 9.44 Å². The average Bonchev–Trinajstić information content (AvgIpc) is 2.89. The Hall–Kier alpha value is -3.61. The second kappa shape index (κ2) is 10.8. The molecule has 0 bridgehead atoms. The van der Waals surface area contributed by atoms with Crippen LogP contribution in [0.4, 0.5) is 11.4 Å². The minimum atomic E-state index is -4.09.